The molecule has 2 nitrogen and oxygen atoms in total. The van der Waals surface area contributed by atoms with Crippen LogP contribution in [0.5, 0.6) is 0 Å². The lowest BCUT2D eigenvalue weighted by molar-refractivity contribution is 0.137. The Morgan fingerprint density at radius 1 is 1.36 bits per heavy atom. The van der Waals surface area contributed by atoms with Gasteiger partial charge in [-0.25, -0.2) is 0 Å². The Balaban J connectivity index is 4.19. The van der Waals surface area contributed by atoms with Crippen molar-refractivity contribution in [3.05, 3.63) is 21.3 Å². The second-order valence-electron chi connectivity index (χ2n) is 3.76. The number of halogens is 1. The van der Waals surface area contributed by atoms with Crippen LogP contribution >= 0.6 is 22.6 Å². The van der Waals surface area contributed by atoms with E-state index in [4.69, 9.17) is 5.11 Å². The third kappa shape index (κ3) is 5.78. The Hall–Kier alpha value is 0.130. The van der Waals surface area contributed by atoms with E-state index in [-0.39, 0.29) is 18.6 Å². The van der Waals surface area contributed by atoms with Crippen LogP contribution < -0.4 is 0 Å². The summed E-state index contributed by atoms with van der Waals surface area (Å²) in [6, 6.07) is 0. The van der Waals surface area contributed by atoms with Gasteiger partial charge in [0.2, 0.25) is 0 Å². The van der Waals surface area contributed by atoms with Gasteiger partial charge >= 0.3 is 0 Å². The van der Waals surface area contributed by atoms with Crippen molar-refractivity contribution in [3.63, 3.8) is 0 Å². The summed E-state index contributed by atoms with van der Waals surface area (Å²) in [5.74, 6) is 0.0912. The largest absolute Gasteiger partial charge is 0.392 e. The minimum atomic E-state index is -0.359. The molecule has 0 aliphatic carbocycles. The molecule has 0 fully saturated rings. The Bertz CT molecular complexity index is 221. The van der Waals surface area contributed by atoms with Crippen LogP contribution in [0.1, 0.15) is 27.2 Å². The molecule has 0 rings (SSSR count). The van der Waals surface area contributed by atoms with Crippen LogP contribution in [-0.2, 0) is 0 Å². The number of hydrogen-bond donors (Lipinski definition) is 2. The highest BCUT2D eigenvalue weighted by atomic mass is 127. The molecule has 0 aliphatic rings. The van der Waals surface area contributed by atoms with E-state index in [0.717, 1.165) is 5.57 Å². The SMILES string of the molecule is C/C(=C\[C@@H](C)[C@H](O)C/C(C)=C/I)CO. The van der Waals surface area contributed by atoms with Gasteiger partial charge in [-0.1, -0.05) is 46.7 Å². The number of hydrogen-bond acceptors (Lipinski definition) is 2. The Labute approximate surface area is 99.9 Å². The third-order valence-electron chi connectivity index (χ3n) is 2.12. The van der Waals surface area contributed by atoms with E-state index in [1.165, 1.54) is 5.57 Å². The van der Waals surface area contributed by atoms with E-state index in [0.29, 0.717) is 6.42 Å². The second kappa shape index (κ2) is 7.43. The van der Waals surface area contributed by atoms with Gasteiger partial charge in [0.15, 0.2) is 0 Å². The average Bonchev–Trinajstić information content (AvgIpc) is 2.17. The molecule has 0 amide bonds. The first-order chi connectivity index (χ1) is 6.51. The second-order valence-corrected chi connectivity index (χ2v) is 4.38. The van der Waals surface area contributed by atoms with Gasteiger partial charge in [0.05, 0.1) is 12.7 Å². The molecule has 0 unspecified atom stereocenters. The zero-order chi connectivity index (χ0) is 11.1. The van der Waals surface area contributed by atoms with E-state index in [1.807, 2.05) is 30.9 Å². The van der Waals surface area contributed by atoms with Crippen LogP contribution in [0.25, 0.3) is 0 Å². The van der Waals surface area contributed by atoms with Crippen molar-refractivity contribution in [1.82, 2.24) is 0 Å². The molecule has 0 heterocycles. The summed E-state index contributed by atoms with van der Waals surface area (Å²) in [5.41, 5.74) is 2.09. The Morgan fingerprint density at radius 2 is 1.93 bits per heavy atom. The third-order valence-corrected chi connectivity index (χ3v) is 3.18. The molecule has 0 aromatic carbocycles. The molecule has 82 valence electrons. The molecule has 2 atom stereocenters. The topological polar surface area (TPSA) is 40.5 Å². The van der Waals surface area contributed by atoms with Gasteiger partial charge in [0, 0.05) is 5.92 Å². The Morgan fingerprint density at radius 3 is 2.36 bits per heavy atom. The van der Waals surface area contributed by atoms with Crippen molar-refractivity contribution in [3.8, 4) is 0 Å². The van der Waals surface area contributed by atoms with E-state index in [9.17, 15) is 5.11 Å². The lowest BCUT2D eigenvalue weighted by Crippen LogP contribution is -2.16. The maximum absolute atomic E-state index is 9.79. The summed E-state index contributed by atoms with van der Waals surface area (Å²) in [4.78, 5) is 0. The molecule has 2 N–H and O–H groups in total. The molecule has 0 spiro atoms. The minimum Gasteiger partial charge on any atom is -0.392 e. The van der Waals surface area contributed by atoms with E-state index in [1.54, 1.807) is 0 Å². The van der Waals surface area contributed by atoms with Crippen molar-refractivity contribution in [2.75, 3.05) is 6.61 Å². The highest BCUT2D eigenvalue weighted by Crippen LogP contribution is 2.16. The molecular formula is C11H19IO2. The number of aliphatic hydroxyl groups excluding tert-OH is 2. The van der Waals surface area contributed by atoms with Gasteiger partial charge < -0.3 is 10.2 Å². The molecule has 0 radical (unpaired) electrons. The minimum absolute atomic E-state index is 0.0676. The van der Waals surface area contributed by atoms with Crippen molar-refractivity contribution in [2.45, 2.75) is 33.3 Å². The zero-order valence-corrected chi connectivity index (χ0v) is 11.2. The number of rotatable bonds is 5. The summed E-state index contributed by atoms with van der Waals surface area (Å²) in [6.45, 7) is 5.90. The van der Waals surface area contributed by atoms with Crippen LogP contribution in [-0.4, -0.2) is 22.9 Å². The van der Waals surface area contributed by atoms with Crippen LogP contribution in [0.3, 0.4) is 0 Å². The van der Waals surface area contributed by atoms with Gasteiger partial charge in [-0.15, -0.1) is 0 Å². The van der Waals surface area contributed by atoms with Crippen LogP contribution in [0.2, 0.25) is 0 Å². The van der Waals surface area contributed by atoms with E-state index < -0.39 is 0 Å². The van der Waals surface area contributed by atoms with Gasteiger partial charge in [0.25, 0.3) is 0 Å². The van der Waals surface area contributed by atoms with Gasteiger partial charge in [-0.3, -0.25) is 0 Å². The molecule has 0 aromatic heterocycles. The first-order valence-corrected chi connectivity index (χ1v) is 5.97. The highest BCUT2D eigenvalue weighted by molar-refractivity contribution is 14.1. The van der Waals surface area contributed by atoms with E-state index in [2.05, 4.69) is 22.6 Å². The molecule has 0 saturated heterocycles. The maximum Gasteiger partial charge on any atom is 0.0639 e. The monoisotopic (exact) mass is 310 g/mol. The maximum atomic E-state index is 9.79. The molecule has 0 aliphatic heterocycles. The van der Waals surface area contributed by atoms with Gasteiger partial charge in [-0.05, 0) is 24.4 Å². The van der Waals surface area contributed by atoms with Crippen LogP contribution in [0.4, 0.5) is 0 Å². The quantitative estimate of drug-likeness (QED) is 0.605. The molecule has 0 aromatic rings. The fourth-order valence-electron chi connectivity index (χ4n) is 1.17. The fourth-order valence-corrected chi connectivity index (χ4v) is 1.43. The average molecular weight is 310 g/mol. The standard InChI is InChI=1S/C11H19IO2/c1-8(6-12)5-11(14)10(3)4-9(2)7-13/h4,6,10-11,13-14H,5,7H2,1-3H3/b8-6+,9-4+/t10-,11-/m1/s1. The van der Waals surface area contributed by atoms with Crippen molar-refractivity contribution >= 4 is 22.6 Å². The van der Waals surface area contributed by atoms with Gasteiger partial charge in [-0.2, -0.15) is 0 Å². The molecular weight excluding hydrogens is 291 g/mol. The van der Waals surface area contributed by atoms with Crippen molar-refractivity contribution < 1.29 is 10.2 Å². The number of aliphatic hydroxyl groups is 2. The first-order valence-electron chi connectivity index (χ1n) is 4.73. The fraction of sp³-hybridized carbons (Fsp3) is 0.636. The molecule has 14 heavy (non-hydrogen) atoms. The van der Waals surface area contributed by atoms with Crippen LogP contribution in [0, 0.1) is 5.92 Å². The van der Waals surface area contributed by atoms with Crippen LogP contribution in [0.15, 0.2) is 21.3 Å². The van der Waals surface area contributed by atoms with Crippen molar-refractivity contribution in [1.29, 1.82) is 0 Å². The lowest BCUT2D eigenvalue weighted by atomic mass is 9.97. The summed E-state index contributed by atoms with van der Waals surface area (Å²) in [7, 11) is 0. The molecule has 0 bridgehead atoms. The summed E-state index contributed by atoms with van der Waals surface area (Å²) in [5, 5.41) is 18.6. The molecule has 3 heteroatoms. The normalized spacial score (nSPS) is 18.1. The predicted octanol–water partition coefficient (Wildman–Crippen LogP) is 2.65. The summed E-state index contributed by atoms with van der Waals surface area (Å²) in [6.07, 6.45) is 2.26. The van der Waals surface area contributed by atoms with Gasteiger partial charge in [0.1, 0.15) is 0 Å². The smallest absolute Gasteiger partial charge is 0.0639 e. The lowest BCUT2D eigenvalue weighted by Gasteiger charge is -2.16. The highest BCUT2D eigenvalue weighted by Gasteiger charge is 2.12. The predicted molar refractivity (Wildman–Crippen MR) is 68.4 cm³/mol. The van der Waals surface area contributed by atoms with E-state index >= 15 is 0 Å². The zero-order valence-electron chi connectivity index (χ0n) is 9.00. The molecule has 0 saturated carbocycles. The van der Waals surface area contributed by atoms with Crippen molar-refractivity contribution in [2.24, 2.45) is 5.92 Å². The summed E-state index contributed by atoms with van der Waals surface area (Å²) < 4.78 is 1.98. The summed E-state index contributed by atoms with van der Waals surface area (Å²) >= 11 is 2.17. The Kier molecular flexibility index (Phi) is 7.49. The first kappa shape index (κ1) is 14.1.